The number of aromatic nitrogens is 4. The molecule has 0 N–H and O–H groups in total. The van der Waals surface area contributed by atoms with Gasteiger partial charge in [-0.1, -0.05) is 11.6 Å². The molecule has 24 heavy (non-hydrogen) atoms. The summed E-state index contributed by atoms with van der Waals surface area (Å²) in [6.07, 6.45) is 1.63. The SMILES string of the molecule is CS(=O)CCOc1cc(-n2nnn(CCCF)c2=O)c(F)cc1Cl. The van der Waals surface area contributed by atoms with Crippen LogP contribution in [-0.4, -0.2) is 49.3 Å². The summed E-state index contributed by atoms with van der Waals surface area (Å²) in [5, 5.41) is 7.17. The van der Waals surface area contributed by atoms with Crippen LogP contribution in [0.2, 0.25) is 5.02 Å². The summed E-state index contributed by atoms with van der Waals surface area (Å²) in [7, 11) is -1.05. The van der Waals surface area contributed by atoms with E-state index in [1.54, 1.807) is 0 Å². The molecule has 0 saturated heterocycles. The Morgan fingerprint density at radius 1 is 1.38 bits per heavy atom. The quantitative estimate of drug-likeness (QED) is 0.690. The van der Waals surface area contributed by atoms with Gasteiger partial charge in [-0.15, -0.1) is 0 Å². The molecule has 1 aromatic heterocycles. The first-order valence-electron chi connectivity index (χ1n) is 6.95. The highest BCUT2D eigenvalue weighted by Gasteiger charge is 2.16. The molecule has 1 atom stereocenters. The maximum absolute atomic E-state index is 14.1. The molecule has 0 bridgehead atoms. The van der Waals surface area contributed by atoms with E-state index in [0.717, 1.165) is 15.4 Å². The molecule has 7 nitrogen and oxygen atoms in total. The van der Waals surface area contributed by atoms with E-state index in [1.165, 1.54) is 12.3 Å². The van der Waals surface area contributed by atoms with Crippen LogP contribution in [0.4, 0.5) is 8.78 Å². The van der Waals surface area contributed by atoms with Gasteiger partial charge in [-0.3, -0.25) is 8.60 Å². The molecule has 1 heterocycles. The zero-order valence-electron chi connectivity index (χ0n) is 12.7. The van der Waals surface area contributed by atoms with Gasteiger partial charge in [0.2, 0.25) is 0 Å². The lowest BCUT2D eigenvalue weighted by atomic mass is 10.3. The Morgan fingerprint density at radius 2 is 2.12 bits per heavy atom. The maximum Gasteiger partial charge on any atom is 0.368 e. The second-order valence-corrected chi connectivity index (χ2v) is 6.76. The molecule has 11 heteroatoms. The molecule has 0 aliphatic heterocycles. The van der Waals surface area contributed by atoms with Gasteiger partial charge in [0, 0.05) is 23.1 Å². The van der Waals surface area contributed by atoms with E-state index in [2.05, 4.69) is 10.4 Å². The highest BCUT2D eigenvalue weighted by molar-refractivity contribution is 7.84. The molecule has 0 fully saturated rings. The van der Waals surface area contributed by atoms with E-state index in [4.69, 9.17) is 16.3 Å². The number of aryl methyl sites for hydroxylation is 1. The molecule has 0 aliphatic rings. The van der Waals surface area contributed by atoms with Crippen molar-refractivity contribution >= 4 is 22.4 Å². The number of hydrogen-bond donors (Lipinski definition) is 0. The van der Waals surface area contributed by atoms with Crippen LogP contribution in [0.5, 0.6) is 5.75 Å². The van der Waals surface area contributed by atoms with Gasteiger partial charge in [0.05, 0.1) is 30.6 Å². The van der Waals surface area contributed by atoms with E-state index in [-0.39, 0.29) is 41.8 Å². The normalized spacial score (nSPS) is 12.3. The molecule has 0 saturated carbocycles. The second-order valence-electron chi connectivity index (χ2n) is 4.80. The van der Waals surface area contributed by atoms with Crippen LogP contribution in [-0.2, 0) is 17.3 Å². The van der Waals surface area contributed by atoms with Crippen molar-refractivity contribution in [3.05, 3.63) is 33.5 Å². The Balaban J connectivity index is 2.31. The smallest absolute Gasteiger partial charge is 0.368 e. The second kappa shape index (κ2) is 8.34. The Hall–Kier alpha value is -1.81. The molecular formula is C13H15ClF2N4O3S. The molecule has 0 radical (unpaired) electrons. The first-order chi connectivity index (χ1) is 11.4. The monoisotopic (exact) mass is 380 g/mol. The van der Waals surface area contributed by atoms with Gasteiger partial charge in [0.15, 0.2) is 5.82 Å². The van der Waals surface area contributed by atoms with Crippen molar-refractivity contribution in [2.75, 3.05) is 25.3 Å². The maximum atomic E-state index is 14.1. The molecule has 132 valence electrons. The molecule has 1 aromatic carbocycles. The van der Waals surface area contributed by atoms with Crippen LogP contribution >= 0.6 is 11.6 Å². The topological polar surface area (TPSA) is 79.0 Å². The average Bonchev–Trinajstić information content (AvgIpc) is 2.88. The number of nitrogens with zero attached hydrogens (tertiary/aromatic N) is 4. The minimum absolute atomic E-state index is 0.0102. The minimum Gasteiger partial charge on any atom is -0.491 e. The summed E-state index contributed by atoms with van der Waals surface area (Å²) in [5.41, 5.74) is -0.895. The Bertz CT molecular complexity index is 796. The Morgan fingerprint density at radius 3 is 2.79 bits per heavy atom. The predicted molar refractivity (Wildman–Crippen MR) is 85.6 cm³/mol. The van der Waals surface area contributed by atoms with Crippen molar-refractivity contribution < 1.29 is 17.7 Å². The van der Waals surface area contributed by atoms with Crippen LogP contribution in [0.3, 0.4) is 0 Å². The van der Waals surface area contributed by atoms with Crippen molar-refractivity contribution in [2.24, 2.45) is 0 Å². The zero-order chi connectivity index (χ0) is 17.7. The Kier molecular flexibility index (Phi) is 6.44. The lowest BCUT2D eigenvalue weighted by Crippen LogP contribution is -2.25. The largest absolute Gasteiger partial charge is 0.491 e. The number of rotatable bonds is 8. The van der Waals surface area contributed by atoms with Crippen LogP contribution in [0.25, 0.3) is 5.69 Å². The zero-order valence-corrected chi connectivity index (χ0v) is 14.3. The van der Waals surface area contributed by atoms with Crippen molar-refractivity contribution in [3.8, 4) is 11.4 Å². The van der Waals surface area contributed by atoms with Gasteiger partial charge < -0.3 is 4.74 Å². The fraction of sp³-hybridized carbons (Fsp3) is 0.462. The van der Waals surface area contributed by atoms with Crippen LogP contribution in [0, 0.1) is 5.82 Å². The lowest BCUT2D eigenvalue weighted by molar-refractivity contribution is 0.342. The van der Waals surface area contributed by atoms with Crippen molar-refractivity contribution in [1.29, 1.82) is 0 Å². The summed E-state index contributed by atoms with van der Waals surface area (Å²) in [4.78, 5) is 12.1. The summed E-state index contributed by atoms with van der Waals surface area (Å²) in [5.74, 6) is -0.377. The van der Waals surface area contributed by atoms with Gasteiger partial charge in [-0.2, -0.15) is 9.36 Å². The molecule has 2 rings (SSSR count). The fourth-order valence-electron chi connectivity index (χ4n) is 1.84. The van der Waals surface area contributed by atoms with Crippen molar-refractivity contribution in [1.82, 2.24) is 19.8 Å². The standard InChI is InChI=1S/C13H15ClF2N4O3S/c1-24(22)6-5-23-12-8-11(10(16)7-9(12)14)20-13(21)19(17-18-20)4-2-3-15/h7-8H,2-6H2,1H3. The lowest BCUT2D eigenvalue weighted by Gasteiger charge is -2.09. The number of ether oxygens (including phenoxy) is 1. The van der Waals surface area contributed by atoms with Crippen molar-refractivity contribution in [2.45, 2.75) is 13.0 Å². The van der Waals surface area contributed by atoms with E-state index in [1.807, 2.05) is 0 Å². The van der Waals surface area contributed by atoms with E-state index < -0.39 is 29.0 Å². The van der Waals surface area contributed by atoms with Gasteiger partial charge in [0.1, 0.15) is 11.4 Å². The van der Waals surface area contributed by atoms with E-state index in [0.29, 0.717) is 0 Å². The van der Waals surface area contributed by atoms with E-state index >= 15 is 0 Å². The third-order valence-electron chi connectivity index (χ3n) is 3.00. The third kappa shape index (κ3) is 4.38. The molecule has 1 unspecified atom stereocenters. The number of alkyl halides is 1. The predicted octanol–water partition coefficient (Wildman–Crippen LogP) is 1.34. The summed E-state index contributed by atoms with van der Waals surface area (Å²) < 4.78 is 44.4. The van der Waals surface area contributed by atoms with Gasteiger partial charge in [0.25, 0.3) is 0 Å². The van der Waals surface area contributed by atoms with Crippen LogP contribution in [0.1, 0.15) is 6.42 Å². The highest BCUT2D eigenvalue weighted by atomic mass is 35.5. The summed E-state index contributed by atoms with van der Waals surface area (Å²) in [6, 6.07) is 2.20. The molecular weight excluding hydrogens is 366 g/mol. The first-order valence-corrected chi connectivity index (χ1v) is 9.05. The fourth-order valence-corrected chi connectivity index (χ4v) is 2.36. The molecule has 2 aromatic rings. The highest BCUT2D eigenvalue weighted by Crippen LogP contribution is 2.29. The number of tetrazole rings is 1. The number of benzene rings is 1. The minimum atomic E-state index is -1.05. The Labute approximate surface area is 143 Å². The average molecular weight is 381 g/mol. The summed E-state index contributed by atoms with van der Waals surface area (Å²) in [6.45, 7) is -0.451. The number of hydrogen-bond acceptors (Lipinski definition) is 5. The molecule has 0 aliphatic carbocycles. The van der Waals surface area contributed by atoms with Crippen LogP contribution in [0.15, 0.2) is 16.9 Å². The molecule has 0 amide bonds. The van der Waals surface area contributed by atoms with Crippen LogP contribution < -0.4 is 10.4 Å². The first kappa shape index (κ1) is 18.5. The number of halogens is 3. The van der Waals surface area contributed by atoms with Gasteiger partial charge in [-0.25, -0.2) is 9.18 Å². The third-order valence-corrected chi connectivity index (χ3v) is 4.04. The van der Waals surface area contributed by atoms with Gasteiger partial charge in [-0.05, 0) is 22.9 Å². The van der Waals surface area contributed by atoms with E-state index in [9.17, 15) is 17.8 Å². The van der Waals surface area contributed by atoms with Gasteiger partial charge >= 0.3 is 5.69 Å². The van der Waals surface area contributed by atoms with Crippen molar-refractivity contribution in [3.63, 3.8) is 0 Å². The molecule has 0 spiro atoms. The summed E-state index contributed by atoms with van der Waals surface area (Å²) >= 11 is 5.91.